The number of hydrogen-bond donors (Lipinski definition) is 2. The summed E-state index contributed by atoms with van der Waals surface area (Å²) in [6, 6.07) is 7.20. The van der Waals surface area contributed by atoms with Crippen LogP contribution in [-0.4, -0.2) is 32.2 Å². The van der Waals surface area contributed by atoms with Gasteiger partial charge in [-0.2, -0.15) is 0 Å². The molecule has 1 aromatic rings. The number of carbonyl (C=O) groups excluding carboxylic acids is 1. The highest BCUT2D eigenvalue weighted by molar-refractivity contribution is 7.91. The lowest BCUT2D eigenvalue weighted by Crippen LogP contribution is -2.32. The van der Waals surface area contributed by atoms with Gasteiger partial charge in [0.25, 0.3) is 0 Å². The van der Waals surface area contributed by atoms with Gasteiger partial charge in [0.15, 0.2) is 9.84 Å². The van der Waals surface area contributed by atoms with E-state index in [2.05, 4.69) is 10.6 Å². The van der Waals surface area contributed by atoms with E-state index in [0.29, 0.717) is 22.7 Å². The van der Waals surface area contributed by atoms with Crippen LogP contribution in [0.3, 0.4) is 0 Å². The minimum Gasteiger partial charge on any atom is -0.326 e. The lowest BCUT2D eigenvalue weighted by molar-refractivity contribution is -0.120. The lowest BCUT2D eigenvalue weighted by atomic mass is 9.88. The molecule has 0 spiro atoms. The molecule has 21 heavy (non-hydrogen) atoms. The molecule has 0 radical (unpaired) electrons. The molecule has 1 aromatic carbocycles. The third kappa shape index (κ3) is 2.82. The Kier molecular flexibility index (Phi) is 3.75. The van der Waals surface area contributed by atoms with E-state index in [0.717, 1.165) is 19.3 Å². The fraction of sp³-hybridized carbons (Fsp3) is 0.533. The van der Waals surface area contributed by atoms with Gasteiger partial charge in [0.05, 0.1) is 16.6 Å². The van der Waals surface area contributed by atoms with E-state index in [-0.39, 0.29) is 17.6 Å². The second kappa shape index (κ2) is 5.42. The van der Waals surface area contributed by atoms with Crippen LogP contribution >= 0.6 is 0 Å². The molecule has 2 N–H and O–H groups in total. The average molecular weight is 308 g/mol. The molecule has 0 aliphatic carbocycles. The second-order valence-corrected chi connectivity index (χ2v) is 8.08. The molecule has 3 atom stereocenters. The normalized spacial score (nSPS) is 27.8. The SMILES string of the molecule is CCS(=O)(=O)c1ccc(NC(=O)C2CC3CCC2N3)cc1. The molecule has 114 valence electrons. The zero-order chi connectivity index (χ0) is 15.0. The molecule has 2 fully saturated rings. The van der Waals surface area contributed by atoms with Gasteiger partial charge in [0, 0.05) is 17.8 Å². The number of anilines is 1. The highest BCUT2D eigenvalue weighted by atomic mass is 32.2. The van der Waals surface area contributed by atoms with Gasteiger partial charge in [0.1, 0.15) is 0 Å². The van der Waals surface area contributed by atoms with Crippen molar-refractivity contribution < 1.29 is 13.2 Å². The van der Waals surface area contributed by atoms with E-state index in [1.807, 2.05) is 0 Å². The smallest absolute Gasteiger partial charge is 0.229 e. The van der Waals surface area contributed by atoms with Crippen LogP contribution in [0.25, 0.3) is 0 Å². The van der Waals surface area contributed by atoms with Gasteiger partial charge in [-0.1, -0.05) is 6.92 Å². The molecule has 2 heterocycles. The van der Waals surface area contributed by atoms with E-state index in [1.165, 1.54) is 0 Å². The Morgan fingerprint density at radius 2 is 2.00 bits per heavy atom. The van der Waals surface area contributed by atoms with Gasteiger partial charge >= 0.3 is 0 Å². The highest BCUT2D eigenvalue weighted by Gasteiger charge is 2.42. The minimum absolute atomic E-state index is 0.0285. The summed E-state index contributed by atoms with van der Waals surface area (Å²) in [7, 11) is -3.19. The molecule has 5 nitrogen and oxygen atoms in total. The Morgan fingerprint density at radius 1 is 1.29 bits per heavy atom. The molecule has 2 saturated heterocycles. The van der Waals surface area contributed by atoms with Gasteiger partial charge in [-0.25, -0.2) is 8.42 Å². The first-order valence-corrected chi connectivity index (χ1v) is 9.04. The van der Waals surface area contributed by atoms with Crippen molar-refractivity contribution in [3.63, 3.8) is 0 Å². The van der Waals surface area contributed by atoms with Crippen molar-refractivity contribution in [2.24, 2.45) is 5.92 Å². The van der Waals surface area contributed by atoms with Crippen LogP contribution in [0.2, 0.25) is 0 Å². The maximum atomic E-state index is 12.3. The molecule has 1 amide bonds. The van der Waals surface area contributed by atoms with Gasteiger partial charge in [0.2, 0.25) is 5.91 Å². The summed E-state index contributed by atoms with van der Waals surface area (Å²) in [5, 5.41) is 6.33. The maximum absolute atomic E-state index is 12.3. The predicted octanol–water partition coefficient (Wildman–Crippen LogP) is 1.56. The molecule has 2 aliphatic heterocycles. The van der Waals surface area contributed by atoms with Gasteiger partial charge in [-0.3, -0.25) is 4.79 Å². The first-order chi connectivity index (χ1) is 9.99. The maximum Gasteiger partial charge on any atom is 0.229 e. The summed E-state index contributed by atoms with van der Waals surface area (Å²) in [5.74, 6) is 0.138. The van der Waals surface area contributed by atoms with Crippen LogP contribution in [0, 0.1) is 5.92 Å². The largest absolute Gasteiger partial charge is 0.326 e. The second-order valence-electron chi connectivity index (χ2n) is 5.81. The van der Waals surface area contributed by atoms with Gasteiger partial charge < -0.3 is 10.6 Å². The van der Waals surface area contributed by atoms with Crippen LogP contribution in [0.1, 0.15) is 26.2 Å². The van der Waals surface area contributed by atoms with E-state index < -0.39 is 9.84 Å². The van der Waals surface area contributed by atoms with Crippen LogP contribution < -0.4 is 10.6 Å². The Hall–Kier alpha value is -1.40. The third-order valence-corrected chi connectivity index (χ3v) is 6.25. The number of rotatable bonds is 4. The third-order valence-electron chi connectivity index (χ3n) is 4.50. The Bertz CT molecular complexity index is 639. The van der Waals surface area contributed by atoms with Crippen LogP contribution in [0.15, 0.2) is 29.2 Å². The molecule has 2 aliphatic rings. The number of amides is 1. The van der Waals surface area contributed by atoms with Crippen molar-refractivity contribution >= 4 is 21.4 Å². The highest BCUT2D eigenvalue weighted by Crippen LogP contribution is 2.33. The van der Waals surface area contributed by atoms with E-state index >= 15 is 0 Å². The van der Waals surface area contributed by atoms with Crippen molar-refractivity contribution in [1.82, 2.24) is 5.32 Å². The molecular weight excluding hydrogens is 288 g/mol. The molecule has 3 unspecified atom stereocenters. The molecule has 0 aromatic heterocycles. The molecular formula is C15H20N2O3S. The van der Waals surface area contributed by atoms with Crippen molar-refractivity contribution in [1.29, 1.82) is 0 Å². The van der Waals surface area contributed by atoms with Gasteiger partial charge in [-0.05, 0) is 43.5 Å². The zero-order valence-corrected chi connectivity index (χ0v) is 12.8. The number of sulfone groups is 1. The summed E-state index contributed by atoms with van der Waals surface area (Å²) in [4.78, 5) is 12.6. The van der Waals surface area contributed by atoms with Crippen molar-refractivity contribution in [2.45, 2.75) is 43.2 Å². The van der Waals surface area contributed by atoms with E-state index in [4.69, 9.17) is 0 Å². The Balaban J connectivity index is 1.67. The van der Waals surface area contributed by atoms with Crippen LogP contribution in [0.4, 0.5) is 5.69 Å². The molecule has 3 rings (SSSR count). The van der Waals surface area contributed by atoms with Crippen molar-refractivity contribution in [2.75, 3.05) is 11.1 Å². The monoisotopic (exact) mass is 308 g/mol. The summed E-state index contributed by atoms with van der Waals surface area (Å²) < 4.78 is 23.5. The van der Waals surface area contributed by atoms with Crippen molar-refractivity contribution in [3.05, 3.63) is 24.3 Å². The molecule has 6 heteroatoms. The summed E-state index contributed by atoms with van der Waals surface area (Å²) in [5.41, 5.74) is 0.651. The summed E-state index contributed by atoms with van der Waals surface area (Å²) in [6.45, 7) is 1.62. The quantitative estimate of drug-likeness (QED) is 0.885. The van der Waals surface area contributed by atoms with Crippen molar-refractivity contribution in [3.8, 4) is 0 Å². The molecule has 2 bridgehead atoms. The van der Waals surface area contributed by atoms with E-state index in [1.54, 1.807) is 31.2 Å². The standard InChI is InChI=1S/C15H20N2O3S/c1-2-21(19,20)12-6-3-10(4-7-12)17-15(18)13-9-11-5-8-14(13)16-11/h3-4,6-7,11,13-14,16H,2,5,8-9H2,1H3,(H,17,18). The lowest BCUT2D eigenvalue weighted by Gasteiger charge is -2.19. The summed E-state index contributed by atoms with van der Waals surface area (Å²) >= 11 is 0. The number of fused-ring (bicyclic) bond motifs is 2. The average Bonchev–Trinajstić information content (AvgIpc) is 3.10. The topological polar surface area (TPSA) is 75.3 Å². The number of carbonyl (C=O) groups is 1. The summed E-state index contributed by atoms with van der Waals surface area (Å²) in [6.07, 6.45) is 3.13. The minimum atomic E-state index is -3.19. The number of nitrogens with one attached hydrogen (secondary N) is 2. The predicted molar refractivity (Wildman–Crippen MR) is 80.9 cm³/mol. The fourth-order valence-electron chi connectivity index (χ4n) is 3.26. The molecule has 0 saturated carbocycles. The van der Waals surface area contributed by atoms with Crippen LogP contribution in [0.5, 0.6) is 0 Å². The van der Waals surface area contributed by atoms with Gasteiger partial charge in [-0.15, -0.1) is 0 Å². The van der Waals surface area contributed by atoms with E-state index in [9.17, 15) is 13.2 Å². The first-order valence-electron chi connectivity index (χ1n) is 7.39. The fourth-order valence-corrected chi connectivity index (χ4v) is 4.15. The Morgan fingerprint density at radius 3 is 2.52 bits per heavy atom. The Labute approximate surface area is 125 Å². The number of benzene rings is 1. The first kappa shape index (κ1) is 14.5. The van der Waals surface area contributed by atoms with Crippen LogP contribution in [-0.2, 0) is 14.6 Å². The number of hydrogen-bond acceptors (Lipinski definition) is 4. The zero-order valence-electron chi connectivity index (χ0n) is 12.0.